The molecule has 2 aromatic heterocycles. The van der Waals surface area contributed by atoms with E-state index in [2.05, 4.69) is 0 Å². The number of rotatable bonds is 5. The van der Waals surface area contributed by atoms with Crippen LogP contribution in [0.1, 0.15) is 9.67 Å². The van der Waals surface area contributed by atoms with Gasteiger partial charge in [0.25, 0.3) is 11.6 Å². The van der Waals surface area contributed by atoms with Crippen molar-refractivity contribution in [3.8, 4) is 27.5 Å². The van der Waals surface area contributed by atoms with Crippen molar-refractivity contribution < 1.29 is 9.72 Å². The van der Waals surface area contributed by atoms with E-state index >= 15 is 0 Å². The molecule has 0 radical (unpaired) electrons. The number of non-ortho nitro benzene ring substituents is 1. The van der Waals surface area contributed by atoms with Crippen LogP contribution in [0, 0.1) is 10.1 Å². The minimum absolute atomic E-state index is 0.0192. The predicted molar refractivity (Wildman–Crippen MR) is 117 cm³/mol. The van der Waals surface area contributed by atoms with E-state index in [1.807, 2.05) is 42.5 Å². The monoisotopic (exact) mass is 418 g/mol. The lowest BCUT2D eigenvalue weighted by molar-refractivity contribution is -0.384. The molecule has 150 valence electrons. The Morgan fingerprint density at radius 2 is 1.73 bits per heavy atom. The maximum Gasteiger partial charge on any atom is 0.269 e. The van der Waals surface area contributed by atoms with Gasteiger partial charge in [0.05, 0.1) is 31.8 Å². The third kappa shape index (κ3) is 3.72. The Balaban J connectivity index is 1.83. The van der Waals surface area contributed by atoms with Crippen LogP contribution in [0.3, 0.4) is 0 Å². The highest BCUT2D eigenvalue weighted by Gasteiger charge is 2.18. The molecule has 2 aromatic carbocycles. The summed E-state index contributed by atoms with van der Waals surface area (Å²) in [6.45, 7) is 0. The molecule has 8 heteroatoms. The van der Waals surface area contributed by atoms with Gasteiger partial charge in [0, 0.05) is 31.8 Å². The number of hydrogen-bond acceptors (Lipinski definition) is 5. The van der Waals surface area contributed by atoms with Crippen LogP contribution in [0.2, 0.25) is 0 Å². The normalized spacial score (nSPS) is 10.7. The largest absolute Gasteiger partial charge is 0.344 e. The van der Waals surface area contributed by atoms with Crippen LogP contribution in [0.4, 0.5) is 5.69 Å². The van der Waals surface area contributed by atoms with E-state index in [4.69, 9.17) is 5.10 Å². The van der Waals surface area contributed by atoms with Gasteiger partial charge >= 0.3 is 0 Å². The number of amides is 1. The van der Waals surface area contributed by atoms with Crippen molar-refractivity contribution in [1.82, 2.24) is 14.7 Å². The third-order valence-electron chi connectivity index (χ3n) is 4.56. The summed E-state index contributed by atoms with van der Waals surface area (Å²) in [5, 5.41) is 15.7. The Morgan fingerprint density at radius 1 is 1.03 bits per heavy atom. The van der Waals surface area contributed by atoms with Crippen molar-refractivity contribution in [2.24, 2.45) is 0 Å². The number of aromatic nitrogens is 2. The summed E-state index contributed by atoms with van der Waals surface area (Å²) < 4.78 is 1.75. The fraction of sp³-hybridized carbons (Fsp3) is 0.0909. The number of thiophene rings is 1. The highest BCUT2D eigenvalue weighted by molar-refractivity contribution is 7.17. The maximum absolute atomic E-state index is 12.3. The topological polar surface area (TPSA) is 81.3 Å². The molecule has 0 saturated carbocycles. The molecule has 7 nitrogen and oxygen atoms in total. The van der Waals surface area contributed by atoms with Crippen LogP contribution in [0.5, 0.6) is 0 Å². The first-order valence-electron chi connectivity index (χ1n) is 9.16. The first-order chi connectivity index (χ1) is 14.4. The molecular weight excluding hydrogens is 400 g/mol. The lowest BCUT2D eigenvalue weighted by Crippen LogP contribution is -2.20. The SMILES string of the molecule is CN(C)C(=O)c1ccc(-c2cc(-c3ccccc3)nn2-c2ccc([N+](=O)[O-])cc2)s1. The average molecular weight is 418 g/mol. The van der Waals surface area contributed by atoms with E-state index in [0.29, 0.717) is 10.6 Å². The summed E-state index contributed by atoms with van der Waals surface area (Å²) >= 11 is 1.39. The Labute approximate surface area is 177 Å². The van der Waals surface area contributed by atoms with Gasteiger partial charge in [0.2, 0.25) is 0 Å². The van der Waals surface area contributed by atoms with E-state index in [1.54, 1.807) is 41.9 Å². The zero-order valence-electron chi connectivity index (χ0n) is 16.4. The molecule has 4 rings (SSSR count). The smallest absolute Gasteiger partial charge is 0.269 e. The molecule has 4 aromatic rings. The molecule has 0 aliphatic carbocycles. The summed E-state index contributed by atoms with van der Waals surface area (Å²) in [6.07, 6.45) is 0. The van der Waals surface area contributed by atoms with Gasteiger partial charge in [0.1, 0.15) is 0 Å². The van der Waals surface area contributed by atoms with Gasteiger partial charge < -0.3 is 4.90 Å². The molecule has 0 atom stereocenters. The highest BCUT2D eigenvalue weighted by atomic mass is 32.1. The number of nitro groups is 1. The van der Waals surface area contributed by atoms with E-state index < -0.39 is 4.92 Å². The maximum atomic E-state index is 12.3. The predicted octanol–water partition coefficient (Wildman–Crippen LogP) is 4.88. The van der Waals surface area contributed by atoms with Crippen molar-refractivity contribution in [2.45, 2.75) is 0 Å². The Morgan fingerprint density at radius 3 is 2.37 bits per heavy atom. The highest BCUT2D eigenvalue weighted by Crippen LogP contribution is 2.34. The van der Waals surface area contributed by atoms with Crippen molar-refractivity contribution in [3.63, 3.8) is 0 Å². The van der Waals surface area contributed by atoms with Crippen LogP contribution in [-0.4, -0.2) is 39.6 Å². The van der Waals surface area contributed by atoms with Gasteiger partial charge in [-0.05, 0) is 30.3 Å². The second-order valence-electron chi connectivity index (χ2n) is 6.83. The molecule has 0 spiro atoms. The molecular formula is C22H18N4O3S. The first-order valence-corrected chi connectivity index (χ1v) is 9.98. The fourth-order valence-corrected chi connectivity index (χ4v) is 4.06. The third-order valence-corrected chi connectivity index (χ3v) is 5.66. The molecule has 30 heavy (non-hydrogen) atoms. The van der Waals surface area contributed by atoms with Crippen molar-refractivity contribution >= 4 is 22.9 Å². The Bertz CT molecular complexity index is 1210. The van der Waals surface area contributed by atoms with Gasteiger partial charge in [-0.15, -0.1) is 11.3 Å². The van der Waals surface area contributed by atoms with Gasteiger partial charge in [-0.3, -0.25) is 14.9 Å². The Kier molecular flexibility index (Phi) is 5.16. The van der Waals surface area contributed by atoms with Gasteiger partial charge in [-0.2, -0.15) is 5.10 Å². The Hall–Kier alpha value is -3.78. The second-order valence-corrected chi connectivity index (χ2v) is 7.91. The van der Waals surface area contributed by atoms with Crippen LogP contribution >= 0.6 is 11.3 Å². The number of nitro benzene ring substituents is 1. The molecule has 0 fully saturated rings. The fourth-order valence-electron chi connectivity index (χ4n) is 3.03. The second kappa shape index (κ2) is 7.92. The zero-order valence-corrected chi connectivity index (χ0v) is 17.2. The summed E-state index contributed by atoms with van der Waals surface area (Å²) in [7, 11) is 3.44. The molecule has 0 unspecified atom stereocenters. The van der Waals surface area contributed by atoms with E-state index in [0.717, 1.165) is 21.8 Å². The molecule has 0 aliphatic rings. The number of hydrogen-bond donors (Lipinski definition) is 0. The quantitative estimate of drug-likeness (QED) is 0.342. The van der Waals surface area contributed by atoms with Gasteiger partial charge in [0.15, 0.2) is 0 Å². The molecule has 0 N–H and O–H groups in total. The summed E-state index contributed by atoms with van der Waals surface area (Å²) in [5.74, 6) is -0.0593. The van der Waals surface area contributed by atoms with E-state index in [-0.39, 0.29) is 11.6 Å². The lowest BCUT2D eigenvalue weighted by atomic mass is 10.1. The van der Waals surface area contributed by atoms with Crippen molar-refractivity contribution in [1.29, 1.82) is 0 Å². The van der Waals surface area contributed by atoms with Crippen LogP contribution in [-0.2, 0) is 0 Å². The number of carbonyl (C=O) groups excluding carboxylic acids is 1. The van der Waals surface area contributed by atoms with E-state index in [9.17, 15) is 14.9 Å². The van der Waals surface area contributed by atoms with E-state index in [1.165, 1.54) is 23.5 Å². The molecule has 0 aliphatic heterocycles. The summed E-state index contributed by atoms with van der Waals surface area (Å²) in [6, 6.07) is 21.7. The number of benzene rings is 2. The van der Waals surface area contributed by atoms with Gasteiger partial charge in [-0.25, -0.2) is 4.68 Å². The molecule has 0 bridgehead atoms. The number of carbonyl (C=O) groups is 1. The minimum atomic E-state index is -0.429. The van der Waals surface area contributed by atoms with Crippen LogP contribution in [0.25, 0.3) is 27.5 Å². The standard InChI is InChI=1S/C22H18N4O3S/c1-24(2)22(27)21-13-12-20(30-21)19-14-18(15-6-4-3-5-7-15)23-25(19)16-8-10-17(11-9-16)26(28)29/h3-14H,1-2H3. The van der Waals surface area contributed by atoms with Crippen LogP contribution in [0.15, 0.2) is 72.8 Å². The summed E-state index contributed by atoms with van der Waals surface area (Å²) in [5.41, 5.74) is 3.27. The molecule has 0 saturated heterocycles. The van der Waals surface area contributed by atoms with Crippen molar-refractivity contribution in [3.05, 3.63) is 87.8 Å². The average Bonchev–Trinajstić information content (AvgIpc) is 3.41. The summed E-state index contributed by atoms with van der Waals surface area (Å²) in [4.78, 5) is 25.9. The first kappa shape index (κ1) is 19.5. The molecule has 1 amide bonds. The van der Waals surface area contributed by atoms with Crippen LogP contribution < -0.4 is 0 Å². The van der Waals surface area contributed by atoms with Gasteiger partial charge in [-0.1, -0.05) is 30.3 Å². The lowest BCUT2D eigenvalue weighted by Gasteiger charge is -2.07. The molecule has 2 heterocycles. The number of nitrogens with zero attached hydrogens (tertiary/aromatic N) is 4. The zero-order chi connectivity index (χ0) is 21.3. The minimum Gasteiger partial charge on any atom is -0.344 e. The van der Waals surface area contributed by atoms with Crippen molar-refractivity contribution in [2.75, 3.05) is 14.1 Å².